The maximum Gasteiger partial charge on any atom is 0.251 e. The van der Waals surface area contributed by atoms with Crippen LogP contribution in [0.4, 0.5) is 0 Å². The summed E-state index contributed by atoms with van der Waals surface area (Å²) in [4.78, 5) is 16.2. The first-order valence-electron chi connectivity index (χ1n) is 7.39. The maximum atomic E-state index is 12.2. The highest BCUT2D eigenvalue weighted by atomic mass is 16.3. The van der Waals surface area contributed by atoms with Gasteiger partial charge in [-0.3, -0.25) is 4.79 Å². The van der Waals surface area contributed by atoms with E-state index in [0.29, 0.717) is 5.56 Å². The smallest absolute Gasteiger partial charge is 0.251 e. The average molecular weight is 297 g/mol. The second kappa shape index (κ2) is 6.58. The number of nitrogens with one attached hydrogen (secondary N) is 1. The van der Waals surface area contributed by atoms with Gasteiger partial charge in [-0.05, 0) is 24.1 Å². The van der Waals surface area contributed by atoms with Crippen LogP contribution in [0, 0.1) is 5.92 Å². The number of rotatable bonds is 5. The standard InChI is InChI=1S/C17H19N3O2/c21-11-14-3-6-16(9-14)19-17(22)15-4-1-13(2-5-15)10-20-8-7-18-12-20/h1-8,12,14,16,21H,9-11H2,(H,19,22)/t14-,16+/m0/s1. The minimum Gasteiger partial charge on any atom is -0.396 e. The summed E-state index contributed by atoms with van der Waals surface area (Å²) in [6.45, 7) is 0.872. The van der Waals surface area contributed by atoms with Crippen LogP contribution < -0.4 is 5.32 Å². The Balaban J connectivity index is 1.58. The van der Waals surface area contributed by atoms with Crippen LogP contribution in [0.5, 0.6) is 0 Å². The molecule has 0 unspecified atom stereocenters. The number of carbonyl (C=O) groups excluding carboxylic acids is 1. The number of amides is 1. The molecule has 0 spiro atoms. The number of nitrogens with zero attached hydrogens (tertiary/aromatic N) is 2. The van der Waals surface area contributed by atoms with E-state index in [4.69, 9.17) is 5.11 Å². The van der Waals surface area contributed by atoms with Gasteiger partial charge in [0.25, 0.3) is 5.91 Å². The maximum absolute atomic E-state index is 12.2. The fraction of sp³-hybridized carbons (Fsp3) is 0.294. The molecule has 1 heterocycles. The summed E-state index contributed by atoms with van der Waals surface area (Å²) in [6, 6.07) is 7.59. The fourth-order valence-corrected chi connectivity index (χ4v) is 2.62. The lowest BCUT2D eigenvalue weighted by molar-refractivity contribution is 0.0941. The topological polar surface area (TPSA) is 67.2 Å². The van der Waals surface area contributed by atoms with Crippen molar-refractivity contribution in [1.29, 1.82) is 0 Å². The molecule has 0 saturated carbocycles. The molecule has 114 valence electrons. The Hall–Kier alpha value is -2.40. The molecule has 2 N–H and O–H groups in total. The highest BCUT2D eigenvalue weighted by Gasteiger charge is 2.20. The normalized spacial score (nSPS) is 20.2. The molecule has 0 radical (unpaired) electrons. The average Bonchev–Trinajstić information content (AvgIpc) is 3.19. The molecule has 0 saturated heterocycles. The van der Waals surface area contributed by atoms with Crippen LogP contribution in [0.1, 0.15) is 22.3 Å². The van der Waals surface area contributed by atoms with Gasteiger partial charge in [-0.1, -0.05) is 24.3 Å². The Morgan fingerprint density at radius 2 is 2.14 bits per heavy atom. The van der Waals surface area contributed by atoms with Gasteiger partial charge in [-0.2, -0.15) is 0 Å². The SMILES string of the molecule is O=C(N[C@@H]1C=C[C@H](CO)C1)c1ccc(Cn2ccnc2)cc1. The molecular formula is C17H19N3O2. The molecule has 2 atom stereocenters. The molecule has 5 nitrogen and oxygen atoms in total. The third-order valence-electron chi connectivity index (χ3n) is 3.86. The highest BCUT2D eigenvalue weighted by molar-refractivity contribution is 5.94. The van der Waals surface area contributed by atoms with Crippen molar-refractivity contribution < 1.29 is 9.90 Å². The monoisotopic (exact) mass is 297 g/mol. The summed E-state index contributed by atoms with van der Waals surface area (Å²) in [6.07, 6.45) is 10.1. The lowest BCUT2D eigenvalue weighted by Gasteiger charge is -2.13. The summed E-state index contributed by atoms with van der Waals surface area (Å²) in [5.41, 5.74) is 1.77. The molecule has 5 heteroatoms. The largest absolute Gasteiger partial charge is 0.396 e. The van der Waals surface area contributed by atoms with Crippen molar-refractivity contribution in [2.75, 3.05) is 6.61 Å². The van der Waals surface area contributed by atoms with Crippen LogP contribution in [0.3, 0.4) is 0 Å². The lowest BCUT2D eigenvalue weighted by Crippen LogP contribution is -2.32. The predicted octanol–water partition coefficient (Wildman–Crippen LogP) is 1.60. The number of imidazole rings is 1. The van der Waals surface area contributed by atoms with Crippen molar-refractivity contribution in [2.24, 2.45) is 5.92 Å². The second-order valence-electron chi connectivity index (χ2n) is 5.58. The van der Waals surface area contributed by atoms with E-state index >= 15 is 0 Å². The minimum atomic E-state index is -0.0811. The Morgan fingerprint density at radius 1 is 1.32 bits per heavy atom. The molecule has 1 aliphatic carbocycles. The lowest BCUT2D eigenvalue weighted by atomic mass is 10.1. The number of benzene rings is 1. The summed E-state index contributed by atoms with van der Waals surface area (Å²) in [5, 5.41) is 12.1. The minimum absolute atomic E-state index is 0.00951. The van der Waals surface area contributed by atoms with E-state index in [0.717, 1.165) is 18.5 Å². The van der Waals surface area contributed by atoms with Gasteiger partial charge in [0.15, 0.2) is 0 Å². The zero-order chi connectivity index (χ0) is 15.4. The fourth-order valence-electron chi connectivity index (χ4n) is 2.62. The molecular weight excluding hydrogens is 278 g/mol. The van der Waals surface area contributed by atoms with Crippen molar-refractivity contribution in [2.45, 2.75) is 19.0 Å². The molecule has 0 bridgehead atoms. The quantitative estimate of drug-likeness (QED) is 0.824. The molecule has 1 aromatic heterocycles. The van der Waals surface area contributed by atoms with Gasteiger partial charge in [0.1, 0.15) is 0 Å². The van der Waals surface area contributed by atoms with Crippen LogP contribution in [0.15, 0.2) is 55.1 Å². The summed E-state index contributed by atoms with van der Waals surface area (Å²) in [7, 11) is 0. The van der Waals surface area contributed by atoms with Gasteiger partial charge in [0, 0.05) is 43.1 Å². The van der Waals surface area contributed by atoms with E-state index in [1.54, 1.807) is 12.5 Å². The third kappa shape index (κ3) is 3.43. The number of aliphatic hydroxyl groups excluding tert-OH is 1. The molecule has 3 rings (SSSR count). The first-order valence-corrected chi connectivity index (χ1v) is 7.39. The van der Waals surface area contributed by atoms with E-state index in [-0.39, 0.29) is 24.5 Å². The molecule has 0 aliphatic heterocycles. The van der Waals surface area contributed by atoms with Crippen LogP contribution in [-0.4, -0.2) is 33.2 Å². The van der Waals surface area contributed by atoms with Gasteiger partial charge in [0.2, 0.25) is 0 Å². The van der Waals surface area contributed by atoms with Crippen molar-refractivity contribution in [1.82, 2.24) is 14.9 Å². The van der Waals surface area contributed by atoms with Crippen LogP contribution in [-0.2, 0) is 6.54 Å². The third-order valence-corrected chi connectivity index (χ3v) is 3.86. The van der Waals surface area contributed by atoms with E-state index < -0.39 is 0 Å². The van der Waals surface area contributed by atoms with Crippen molar-refractivity contribution in [3.05, 3.63) is 66.3 Å². The second-order valence-corrected chi connectivity index (χ2v) is 5.58. The number of aliphatic hydroxyl groups is 1. The van der Waals surface area contributed by atoms with Crippen LogP contribution >= 0.6 is 0 Å². The van der Waals surface area contributed by atoms with Gasteiger partial charge in [-0.15, -0.1) is 0 Å². The van der Waals surface area contributed by atoms with Crippen LogP contribution in [0.2, 0.25) is 0 Å². The molecule has 0 fully saturated rings. The zero-order valence-electron chi connectivity index (χ0n) is 12.2. The number of aromatic nitrogens is 2. The number of hydrogen-bond donors (Lipinski definition) is 2. The molecule has 1 amide bonds. The van der Waals surface area contributed by atoms with E-state index in [2.05, 4.69) is 10.3 Å². The Labute approximate surface area is 129 Å². The molecule has 1 aromatic carbocycles. The summed E-state index contributed by atoms with van der Waals surface area (Å²) in [5.74, 6) is 0.0743. The molecule has 1 aliphatic rings. The Kier molecular flexibility index (Phi) is 4.34. The first kappa shape index (κ1) is 14.5. The summed E-state index contributed by atoms with van der Waals surface area (Å²) < 4.78 is 1.98. The Morgan fingerprint density at radius 3 is 2.77 bits per heavy atom. The Bertz CT molecular complexity index is 647. The molecule has 22 heavy (non-hydrogen) atoms. The van der Waals surface area contributed by atoms with Crippen molar-refractivity contribution in [3.8, 4) is 0 Å². The van der Waals surface area contributed by atoms with Crippen molar-refractivity contribution >= 4 is 5.91 Å². The van der Waals surface area contributed by atoms with Crippen LogP contribution in [0.25, 0.3) is 0 Å². The number of carbonyl (C=O) groups is 1. The van der Waals surface area contributed by atoms with Gasteiger partial charge >= 0.3 is 0 Å². The van der Waals surface area contributed by atoms with E-state index in [1.807, 2.05) is 47.2 Å². The predicted molar refractivity (Wildman–Crippen MR) is 83.4 cm³/mol. The van der Waals surface area contributed by atoms with E-state index in [9.17, 15) is 4.79 Å². The number of hydrogen-bond acceptors (Lipinski definition) is 3. The zero-order valence-corrected chi connectivity index (χ0v) is 12.2. The van der Waals surface area contributed by atoms with Gasteiger partial charge < -0.3 is 15.0 Å². The van der Waals surface area contributed by atoms with E-state index in [1.165, 1.54) is 0 Å². The first-order chi connectivity index (χ1) is 10.7. The summed E-state index contributed by atoms with van der Waals surface area (Å²) >= 11 is 0. The van der Waals surface area contributed by atoms with Crippen molar-refractivity contribution in [3.63, 3.8) is 0 Å². The molecule has 2 aromatic rings. The van der Waals surface area contributed by atoms with Gasteiger partial charge in [-0.25, -0.2) is 4.98 Å². The van der Waals surface area contributed by atoms with Gasteiger partial charge in [0.05, 0.1) is 6.33 Å². The highest BCUT2D eigenvalue weighted by Crippen LogP contribution is 2.17.